The van der Waals surface area contributed by atoms with Crippen LogP contribution in [0.4, 0.5) is 0 Å². The third-order valence-corrected chi connectivity index (χ3v) is 5.62. The van der Waals surface area contributed by atoms with Crippen molar-refractivity contribution in [2.45, 2.75) is 25.8 Å². The Morgan fingerprint density at radius 1 is 1.00 bits per heavy atom. The van der Waals surface area contributed by atoms with Crippen molar-refractivity contribution < 1.29 is 14.3 Å². The summed E-state index contributed by atoms with van der Waals surface area (Å²) in [7, 11) is 1.52. The van der Waals surface area contributed by atoms with Crippen molar-refractivity contribution in [2.24, 2.45) is 0 Å². The van der Waals surface area contributed by atoms with Crippen LogP contribution >= 0.6 is 11.6 Å². The van der Waals surface area contributed by atoms with Crippen LogP contribution in [0.25, 0.3) is 0 Å². The molecule has 1 aromatic heterocycles. The van der Waals surface area contributed by atoms with E-state index in [9.17, 15) is 9.59 Å². The number of hydrogen-bond acceptors (Lipinski definition) is 4. The van der Waals surface area contributed by atoms with E-state index in [2.05, 4.69) is 5.10 Å². The molecule has 1 fully saturated rings. The second-order valence-electron chi connectivity index (χ2n) is 7.13. The molecule has 0 N–H and O–H groups in total. The van der Waals surface area contributed by atoms with Crippen LogP contribution in [0.15, 0.2) is 24.3 Å². The monoisotopic (exact) mass is 402 g/mol. The molecule has 2 amide bonds. The molecule has 148 valence electrons. The minimum absolute atomic E-state index is 0.0573. The van der Waals surface area contributed by atoms with E-state index < -0.39 is 0 Å². The molecule has 1 saturated heterocycles. The van der Waals surface area contributed by atoms with Crippen LogP contribution in [0, 0.1) is 0 Å². The molecule has 0 aliphatic carbocycles. The molecule has 0 spiro atoms. The highest BCUT2D eigenvalue weighted by molar-refractivity contribution is 6.30. The summed E-state index contributed by atoms with van der Waals surface area (Å²) in [6.45, 7) is 2.81. The highest BCUT2D eigenvalue weighted by Crippen LogP contribution is 2.25. The van der Waals surface area contributed by atoms with Gasteiger partial charge in [-0.2, -0.15) is 5.10 Å². The van der Waals surface area contributed by atoms with Gasteiger partial charge >= 0.3 is 0 Å². The van der Waals surface area contributed by atoms with Crippen molar-refractivity contribution in [1.29, 1.82) is 0 Å². The highest BCUT2D eigenvalue weighted by Gasteiger charge is 2.28. The van der Waals surface area contributed by atoms with E-state index in [0.29, 0.717) is 48.2 Å². The molecule has 2 aliphatic heterocycles. The van der Waals surface area contributed by atoms with E-state index in [-0.39, 0.29) is 11.8 Å². The first-order chi connectivity index (χ1) is 13.6. The predicted octanol–water partition coefficient (Wildman–Crippen LogP) is 2.48. The Morgan fingerprint density at radius 2 is 1.71 bits per heavy atom. The summed E-state index contributed by atoms with van der Waals surface area (Å²) >= 11 is 5.98. The Morgan fingerprint density at radius 3 is 2.39 bits per heavy atom. The number of ether oxygens (including phenoxy) is 1. The number of aryl methyl sites for hydroxylation is 2. The lowest BCUT2D eigenvalue weighted by Gasteiger charge is -2.34. The lowest BCUT2D eigenvalue weighted by molar-refractivity contribution is 0.0530. The third kappa shape index (κ3) is 3.58. The summed E-state index contributed by atoms with van der Waals surface area (Å²) in [5, 5.41) is 4.99. The largest absolute Gasteiger partial charge is 0.496 e. The molecule has 28 heavy (non-hydrogen) atoms. The van der Waals surface area contributed by atoms with Gasteiger partial charge < -0.3 is 14.5 Å². The van der Waals surface area contributed by atoms with Gasteiger partial charge in [-0.25, -0.2) is 0 Å². The standard InChI is InChI=1S/C20H23ClN4O3/c1-28-18-12-14(21)5-6-16(18)19(26)23-8-10-24(11-9-23)20(27)17-13-15-4-2-3-7-25(15)22-17/h5-6,12-13H,2-4,7-11H2,1H3. The molecule has 4 rings (SSSR count). The first-order valence-corrected chi connectivity index (χ1v) is 9.93. The summed E-state index contributed by atoms with van der Waals surface area (Å²) in [6.07, 6.45) is 3.23. The minimum atomic E-state index is -0.113. The first kappa shape index (κ1) is 18.8. The third-order valence-electron chi connectivity index (χ3n) is 5.38. The number of aromatic nitrogens is 2. The van der Waals surface area contributed by atoms with Crippen LogP contribution in [0.3, 0.4) is 0 Å². The first-order valence-electron chi connectivity index (χ1n) is 9.55. The molecular formula is C20H23ClN4O3. The number of piperazine rings is 1. The van der Waals surface area contributed by atoms with Crippen molar-refractivity contribution in [2.75, 3.05) is 33.3 Å². The van der Waals surface area contributed by atoms with Gasteiger partial charge in [-0.05, 0) is 43.5 Å². The van der Waals surface area contributed by atoms with Crippen molar-refractivity contribution >= 4 is 23.4 Å². The minimum Gasteiger partial charge on any atom is -0.496 e. The van der Waals surface area contributed by atoms with Crippen molar-refractivity contribution in [3.05, 3.63) is 46.2 Å². The van der Waals surface area contributed by atoms with Crippen molar-refractivity contribution in [3.63, 3.8) is 0 Å². The summed E-state index contributed by atoms with van der Waals surface area (Å²) in [4.78, 5) is 29.2. The number of amides is 2. The van der Waals surface area contributed by atoms with E-state index in [1.807, 2.05) is 10.7 Å². The topological polar surface area (TPSA) is 67.7 Å². The van der Waals surface area contributed by atoms with E-state index >= 15 is 0 Å². The normalized spacial score (nSPS) is 16.6. The molecule has 3 heterocycles. The second-order valence-corrected chi connectivity index (χ2v) is 7.57. The van der Waals surface area contributed by atoms with Crippen LogP contribution in [0.2, 0.25) is 5.02 Å². The Kier molecular flexibility index (Phi) is 5.26. The number of hydrogen-bond donors (Lipinski definition) is 0. The zero-order valence-electron chi connectivity index (χ0n) is 15.9. The van der Waals surface area contributed by atoms with Crippen molar-refractivity contribution in [3.8, 4) is 5.75 Å². The quantitative estimate of drug-likeness (QED) is 0.791. The smallest absolute Gasteiger partial charge is 0.274 e. The summed E-state index contributed by atoms with van der Waals surface area (Å²) < 4.78 is 7.24. The number of nitrogens with zero attached hydrogens (tertiary/aromatic N) is 4. The summed E-state index contributed by atoms with van der Waals surface area (Å²) in [5.41, 5.74) is 2.13. The van der Waals surface area contributed by atoms with Crippen LogP contribution in [0.5, 0.6) is 5.75 Å². The van der Waals surface area contributed by atoms with Gasteiger partial charge in [-0.3, -0.25) is 14.3 Å². The zero-order chi connectivity index (χ0) is 19.7. The van der Waals surface area contributed by atoms with Crippen LogP contribution < -0.4 is 4.74 Å². The number of carbonyl (C=O) groups is 2. The van der Waals surface area contributed by atoms with Gasteiger partial charge in [0.1, 0.15) is 5.75 Å². The Hall–Kier alpha value is -2.54. The maximum Gasteiger partial charge on any atom is 0.274 e. The molecule has 0 unspecified atom stereocenters. The number of fused-ring (bicyclic) bond motifs is 1. The fraction of sp³-hybridized carbons (Fsp3) is 0.450. The SMILES string of the molecule is COc1cc(Cl)ccc1C(=O)N1CCN(C(=O)c2cc3n(n2)CCCC3)CC1. The van der Waals surface area contributed by atoms with E-state index in [1.54, 1.807) is 28.0 Å². The molecule has 0 bridgehead atoms. The average molecular weight is 403 g/mol. The Labute approximate surface area is 168 Å². The summed E-state index contributed by atoms with van der Waals surface area (Å²) in [6, 6.07) is 6.90. The van der Waals surface area contributed by atoms with E-state index in [0.717, 1.165) is 31.5 Å². The van der Waals surface area contributed by atoms with E-state index in [4.69, 9.17) is 16.3 Å². The fourth-order valence-electron chi connectivity index (χ4n) is 3.81. The van der Waals surface area contributed by atoms with Gasteiger partial charge in [0.25, 0.3) is 11.8 Å². The summed E-state index contributed by atoms with van der Waals surface area (Å²) in [5.74, 6) is 0.288. The van der Waals surface area contributed by atoms with Crippen LogP contribution in [-0.4, -0.2) is 64.7 Å². The number of rotatable bonds is 3. The predicted molar refractivity (Wildman–Crippen MR) is 105 cm³/mol. The van der Waals surface area contributed by atoms with Gasteiger partial charge in [-0.1, -0.05) is 11.6 Å². The molecule has 8 heteroatoms. The maximum atomic E-state index is 12.9. The lowest BCUT2D eigenvalue weighted by atomic mass is 10.1. The Balaban J connectivity index is 1.41. The Bertz CT molecular complexity index is 879. The maximum absolute atomic E-state index is 12.9. The van der Waals surface area contributed by atoms with Crippen LogP contribution in [-0.2, 0) is 13.0 Å². The van der Waals surface area contributed by atoms with Gasteiger partial charge in [0.2, 0.25) is 0 Å². The molecule has 7 nitrogen and oxygen atoms in total. The highest BCUT2D eigenvalue weighted by atomic mass is 35.5. The number of methoxy groups -OCH3 is 1. The fourth-order valence-corrected chi connectivity index (χ4v) is 3.97. The van der Waals surface area contributed by atoms with Crippen LogP contribution in [0.1, 0.15) is 39.4 Å². The van der Waals surface area contributed by atoms with Gasteiger partial charge in [0.05, 0.1) is 12.7 Å². The molecule has 2 aliphatic rings. The molecule has 1 aromatic carbocycles. The van der Waals surface area contributed by atoms with Gasteiger partial charge in [-0.15, -0.1) is 0 Å². The lowest BCUT2D eigenvalue weighted by Crippen LogP contribution is -2.50. The molecule has 0 radical (unpaired) electrons. The number of benzene rings is 1. The molecular weight excluding hydrogens is 380 g/mol. The van der Waals surface area contributed by atoms with E-state index in [1.165, 1.54) is 7.11 Å². The van der Waals surface area contributed by atoms with Crippen molar-refractivity contribution in [1.82, 2.24) is 19.6 Å². The van der Waals surface area contributed by atoms with Gasteiger partial charge in [0, 0.05) is 43.4 Å². The number of carbonyl (C=O) groups excluding carboxylic acids is 2. The average Bonchev–Trinajstić information content (AvgIpc) is 3.17. The number of halogens is 1. The molecule has 0 atom stereocenters. The molecule has 2 aromatic rings. The molecule has 0 saturated carbocycles. The second kappa shape index (κ2) is 7.83. The van der Waals surface area contributed by atoms with Gasteiger partial charge in [0.15, 0.2) is 5.69 Å². The zero-order valence-corrected chi connectivity index (χ0v) is 16.6.